The molecule has 0 aliphatic rings. The van der Waals surface area contributed by atoms with Crippen LogP contribution >= 0.6 is 0 Å². The molecule has 2 rings (SSSR count). The lowest BCUT2D eigenvalue weighted by Crippen LogP contribution is -2.07. The molecule has 1 aromatic heterocycles. The van der Waals surface area contributed by atoms with Crippen LogP contribution < -0.4 is 5.73 Å². The summed E-state index contributed by atoms with van der Waals surface area (Å²) in [5, 5.41) is 0. The fraction of sp³-hybridized carbons (Fsp3) is 0.400. The number of imidazole rings is 1. The largest absolute Gasteiger partial charge is 0.333 e. The highest BCUT2D eigenvalue weighted by Gasteiger charge is 2.11. The lowest BCUT2D eigenvalue weighted by Gasteiger charge is -2.09. The molecule has 0 aliphatic carbocycles. The van der Waals surface area contributed by atoms with E-state index >= 15 is 0 Å². The Morgan fingerprint density at radius 2 is 1.94 bits per heavy atom. The molecule has 0 aliphatic heterocycles. The molecule has 0 fully saturated rings. The summed E-state index contributed by atoms with van der Waals surface area (Å²) < 4.78 is 2.12. The summed E-state index contributed by atoms with van der Waals surface area (Å²) in [6.45, 7) is 6.83. The molecule has 0 saturated carbocycles. The van der Waals surface area contributed by atoms with Gasteiger partial charge in [0.25, 0.3) is 0 Å². The Morgan fingerprint density at radius 3 is 2.50 bits per heavy atom. The van der Waals surface area contributed by atoms with Crippen molar-refractivity contribution in [2.45, 2.75) is 33.7 Å². The summed E-state index contributed by atoms with van der Waals surface area (Å²) in [7, 11) is 2.04. The maximum atomic E-state index is 5.69. The van der Waals surface area contributed by atoms with Gasteiger partial charge in [-0.05, 0) is 31.9 Å². The fourth-order valence-electron chi connectivity index (χ4n) is 2.39. The molecule has 1 aromatic carbocycles. The quantitative estimate of drug-likeness (QED) is 0.899. The molecule has 0 bridgehead atoms. The maximum absolute atomic E-state index is 5.69. The van der Waals surface area contributed by atoms with Gasteiger partial charge in [-0.1, -0.05) is 23.8 Å². The topological polar surface area (TPSA) is 43.8 Å². The Kier molecular flexibility index (Phi) is 3.53. The van der Waals surface area contributed by atoms with Crippen LogP contribution in [0.2, 0.25) is 0 Å². The summed E-state index contributed by atoms with van der Waals surface area (Å²) >= 11 is 0. The van der Waals surface area contributed by atoms with E-state index in [9.17, 15) is 0 Å². The molecule has 96 valence electrons. The average molecular weight is 243 g/mol. The molecule has 0 amide bonds. The van der Waals surface area contributed by atoms with E-state index in [0.29, 0.717) is 6.54 Å². The van der Waals surface area contributed by atoms with E-state index in [2.05, 4.69) is 48.5 Å². The summed E-state index contributed by atoms with van der Waals surface area (Å²) in [6.07, 6.45) is 0.918. The highest BCUT2D eigenvalue weighted by atomic mass is 15.1. The summed E-state index contributed by atoms with van der Waals surface area (Å²) in [6, 6.07) is 6.60. The lowest BCUT2D eigenvalue weighted by molar-refractivity contribution is 0.759. The molecule has 2 aromatic rings. The molecule has 0 atom stereocenters. The number of benzene rings is 1. The van der Waals surface area contributed by atoms with Crippen LogP contribution in [0, 0.1) is 20.8 Å². The Morgan fingerprint density at radius 1 is 1.22 bits per heavy atom. The van der Waals surface area contributed by atoms with Gasteiger partial charge in [0.05, 0.1) is 12.2 Å². The average Bonchev–Trinajstić information content (AvgIpc) is 2.59. The van der Waals surface area contributed by atoms with E-state index in [4.69, 9.17) is 5.73 Å². The molecule has 0 spiro atoms. The Labute approximate surface area is 109 Å². The normalized spacial score (nSPS) is 10.9. The molecule has 2 N–H and O–H groups in total. The molecular formula is C15H21N3. The van der Waals surface area contributed by atoms with Crippen molar-refractivity contribution >= 4 is 0 Å². The lowest BCUT2D eigenvalue weighted by atomic mass is 10.0. The molecule has 0 radical (unpaired) electrons. The highest BCUT2D eigenvalue weighted by Crippen LogP contribution is 2.18. The minimum Gasteiger partial charge on any atom is -0.333 e. The number of hydrogen-bond acceptors (Lipinski definition) is 2. The zero-order valence-electron chi connectivity index (χ0n) is 11.6. The Bertz CT molecular complexity index is 567. The van der Waals surface area contributed by atoms with Gasteiger partial charge in [0.2, 0.25) is 0 Å². The van der Waals surface area contributed by atoms with Gasteiger partial charge in [0.1, 0.15) is 5.82 Å². The third kappa shape index (κ3) is 2.31. The van der Waals surface area contributed by atoms with Gasteiger partial charge in [-0.3, -0.25) is 0 Å². The second kappa shape index (κ2) is 4.94. The molecule has 3 nitrogen and oxygen atoms in total. The first kappa shape index (κ1) is 12.8. The van der Waals surface area contributed by atoms with Crippen LogP contribution in [0.15, 0.2) is 18.2 Å². The number of rotatable bonds is 3. The van der Waals surface area contributed by atoms with Gasteiger partial charge in [0.15, 0.2) is 0 Å². The second-order valence-corrected chi connectivity index (χ2v) is 4.93. The number of hydrogen-bond donors (Lipinski definition) is 1. The minimum atomic E-state index is 0.490. The van der Waals surface area contributed by atoms with Gasteiger partial charge in [-0.2, -0.15) is 0 Å². The first-order chi connectivity index (χ1) is 8.52. The summed E-state index contributed by atoms with van der Waals surface area (Å²) in [5.74, 6) is 0.951. The first-order valence-electron chi connectivity index (χ1n) is 6.30. The second-order valence-electron chi connectivity index (χ2n) is 4.93. The van der Waals surface area contributed by atoms with Crippen LogP contribution in [-0.2, 0) is 20.0 Å². The van der Waals surface area contributed by atoms with Crippen molar-refractivity contribution in [1.82, 2.24) is 9.55 Å². The van der Waals surface area contributed by atoms with Crippen LogP contribution in [0.4, 0.5) is 0 Å². The molecule has 0 unspecified atom stereocenters. The third-order valence-corrected chi connectivity index (χ3v) is 3.55. The molecule has 18 heavy (non-hydrogen) atoms. The number of aromatic nitrogens is 2. The van der Waals surface area contributed by atoms with E-state index in [-0.39, 0.29) is 0 Å². The summed E-state index contributed by atoms with van der Waals surface area (Å²) in [5.41, 5.74) is 12.0. The molecule has 1 heterocycles. The van der Waals surface area contributed by atoms with Gasteiger partial charge in [0, 0.05) is 19.2 Å². The standard InChI is InChI=1S/C15H21N3/c1-10-5-6-13(11(2)7-10)8-14-12(3)17-15(9-16)18(14)4/h5-7H,8-9,16H2,1-4H3. The maximum Gasteiger partial charge on any atom is 0.122 e. The first-order valence-corrected chi connectivity index (χ1v) is 6.30. The van der Waals surface area contributed by atoms with Crippen molar-refractivity contribution in [2.24, 2.45) is 12.8 Å². The molecule has 3 heteroatoms. The van der Waals surface area contributed by atoms with Gasteiger partial charge >= 0.3 is 0 Å². The van der Waals surface area contributed by atoms with Crippen LogP contribution in [0.3, 0.4) is 0 Å². The van der Waals surface area contributed by atoms with E-state index in [1.54, 1.807) is 0 Å². The van der Waals surface area contributed by atoms with Crippen molar-refractivity contribution in [1.29, 1.82) is 0 Å². The number of nitrogens with two attached hydrogens (primary N) is 1. The number of aryl methyl sites for hydroxylation is 3. The SMILES string of the molecule is Cc1ccc(Cc2c(C)nc(CN)n2C)c(C)c1. The molecule has 0 saturated heterocycles. The van der Waals surface area contributed by atoms with Gasteiger partial charge < -0.3 is 10.3 Å². The van der Waals surface area contributed by atoms with Crippen LogP contribution in [-0.4, -0.2) is 9.55 Å². The van der Waals surface area contributed by atoms with Crippen molar-refractivity contribution in [3.8, 4) is 0 Å². The zero-order chi connectivity index (χ0) is 13.3. The highest BCUT2D eigenvalue weighted by molar-refractivity contribution is 5.34. The monoisotopic (exact) mass is 243 g/mol. The van der Waals surface area contributed by atoms with E-state index in [0.717, 1.165) is 17.9 Å². The smallest absolute Gasteiger partial charge is 0.122 e. The summed E-state index contributed by atoms with van der Waals surface area (Å²) in [4.78, 5) is 4.51. The predicted octanol–water partition coefficient (Wildman–Crippen LogP) is 2.39. The van der Waals surface area contributed by atoms with Crippen LogP contribution in [0.1, 0.15) is 33.9 Å². The third-order valence-electron chi connectivity index (χ3n) is 3.55. The van der Waals surface area contributed by atoms with Crippen LogP contribution in [0.25, 0.3) is 0 Å². The zero-order valence-corrected chi connectivity index (χ0v) is 11.6. The predicted molar refractivity (Wildman–Crippen MR) is 74.6 cm³/mol. The Balaban J connectivity index is 2.37. The van der Waals surface area contributed by atoms with E-state index in [1.165, 1.54) is 22.4 Å². The van der Waals surface area contributed by atoms with Gasteiger partial charge in [-0.25, -0.2) is 4.98 Å². The fourth-order valence-corrected chi connectivity index (χ4v) is 2.39. The van der Waals surface area contributed by atoms with Crippen molar-refractivity contribution in [2.75, 3.05) is 0 Å². The van der Waals surface area contributed by atoms with Crippen molar-refractivity contribution in [3.63, 3.8) is 0 Å². The van der Waals surface area contributed by atoms with Crippen LogP contribution in [0.5, 0.6) is 0 Å². The Hall–Kier alpha value is -1.61. The van der Waals surface area contributed by atoms with Crippen molar-refractivity contribution in [3.05, 3.63) is 52.1 Å². The minimum absolute atomic E-state index is 0.490. The van der Waals surface area contributed by atoms with Gasteiger partial charge in [-0.15, -0.1) is 0 Å². The molecular weight excluding hydrogens is 222 g/mol. The van der Waals surface area contributed by atoms with E-state index in [1.807, 2.05) is 7.05 Å². The van der Waals surface area contributed by atoms with Crippen molar-refractivity contribution < 1.29 is 0 Å². The number of nitrogens with zero attached hydrogens (tertiary/aromatic N) is 2. The van der Waals surface area contributed by atoms with E-state index < -0.39 is 0 Å².